The van der Waals surface area contributed by atoms with Crippen molar-refractivity contribution in [2.75, 3.05) is 0 Å². The summed E-state index contributed by atoms with van der Waals surface area (Å²) in [5.41, 5.74) is 3.58. The van der Waals surface area contributed by atoms with Crippen LogP contribution in [0.2, 0.25) is 0 Å². The molecular formula is C22H32. The molecule has 0 aromatic heterocycles. The van der Waals surface area contributed by atoms with E-state index < -0.39 is 0 Å². The lowest BCUT2D eigenvalue weighted by Gasteiger charge is -2.26. The normalized spacial score (nSPS) is 22.7. The first kappa shape index (κ1) is 17.1. The smallest absolute Gasteiger partial charge is 0.00257 e. The van der Waals surface area contributed by atoms with Gasteiger partial charge in [0.25, 0.3) is 0 Å². The van der Waals surface area contributed by atoms with Crippen molar-refractivity contribution in [3.05, 3.63) is 59.8 Å². The second-order valence-electron chi connectivity index (χ2n) is 8.70. The first-order chi connectivity index (χ1) is 10.2. The molecule has 22 heavy (non-hydrogen) atoms. The molecule has 0 aliphatic heterocycles. The van der Waals surface area contributed by atoms with E-state index in [1.807, 2.05) is 0 Å². The second kappa shape index (κ2) is 6.44. The Hall–Kier alpha value is -1.30. The molecule has 0 N–H and O–H groups in total. The summed E-state index contributed by atoms with van der Waals surface area (Å²) in [6.07, 6.45) is 20.8. The Morgan fingerprint density at radius 3 is 2.00 bits per heavy atom. The molecule has 2 rings (SSSR count). The Morgan fingerprint density at radius 1 is 0.864 bits per heavy atom. The summed E-state index contributed by atoms with van der Waals surface area (Å²) >= 11 is 0. The van der Waals surface area contributed by atoms with Gasteiger partial charge in [0.15, 0.2) is 0 Å². The number of rotatable bonds is 4. The maximum absolute atomic E-state index is 2.50. The van der Waals surface area contributed by atoms with Gasteiger partial charge in [-0.15, -0.1) is 0 Å². The van der Waals surface area contributed by atoms with Gasteiger partial charge < -0.3 is 0 Å². The second-order valence-corrected chi connectivity index (χ2v) is 8.70. The van der Waals surface area contributed by atoms with E-state index in [4.69, 9.17) is 0 Å². The van der Waals surface area contributed by atoms with Gasteiger partial charge in [0, 0.05) is 5.92 Å². The molecule has 0 nitrogen and oxygen atoms in total. The van der Waals surface area contributed by atoms with Crippen molar-refractivity contribution in [1.82, 2.24) is 0 Å². The Labute approximate surface area is 137 Å². The van der Waals surface area contributed by atoms with E-state index >= 15 is 0 Å². The first-order valence-electron chi connectivity index (χ1n) is 8.62. The van der Waals surface area contributed by atoms with Crippen molar-refractivity contribution in [2.24, 2.45) is 22.7 Å². The molecule has 0 fully saturated rings. The van der Waals surface area contributed by atoms with Crippen LogP contribution >= 0.6 is 0 Å². The van der Waals surface area contributed by atoms with Crippen molar-refractivity contribution in [3.8, 4) is 0 Å². The van der Waals surface area contributed by atoms with E-state index in [1.165, 1.54) is 5.57 Å². The summed E-state index contributed by atoms with van der Waals surface area (Å²) in [4.78, 5) is 0. The van der Waals surface area contributed by atoms with Crippen molar-refractivity contribution in [1.29, 1.82) is 0 Å². The van der Waals surface area contributed by atoms with Crippen molar-refractivity contribution in [2.45, 2.75) is 54.4 Å². The van der Waals surface area contributed by atoms with Gasteiger partial charge in [-0.1, -0.05) is 95.7 Å². The molecule has 120 valence electrons. The molecule has 0 aromatic carbocycles. The van der Waals surface area contributed by atoms with Gasteiger partial charge >= 0.3 is 0 Å². The van der Waals surface area contributed by atoms with Crippen LogP contribution in [0.3, 0.4) is 0 Å². The third-order valence-corrected chi connectivity index (χ3v) is 4.62. The van der Waals surface area contributed by atoms with Gasteiger partial charge in [0.1, 0.15) is 0 Å². The molecule has 0 heteroatoms. The fourth-order valence-corrected chi connectivity index (χ4v) is 3.19. The highest BCUT2D eigenvalue weighted by molar-refractivity contribution is 5.41. The quantitative estimate of drug-likeness (QED) is 0.510. The zero-order valence-electron chi connectivity index (χ0n) is 15.2. The summed E-state index contributed by atoms with van der Waals surface area (Å²) in [5, 5.41) is 0. The molecule has 1 atom stereocenters. The SMILES string of the molecule is CC(C)(C)C1=CC(C/C=C/CC2C=CC=C2)C(C(C)(C)C)=C1. The molecule has 0 saturated carbocycles. The Balaban J connectivity index is 2.02. The van der Waals surface area contributed by atoms with Crippen LogP contribution in [0.4, 0.5) is 0 Å². The third-order valence-electron chi connectivity index (χ3n) is 4.62. The zero-order valence-corrected chi connectivity index (χ0v) is 15.2. The van der Waals surface area contributed by atoms with Crippen LogP contribution in [-0.2, 0) is 0 Å². The average Bonchev–Trinajstić information content (AvgIpc) is 3.02. The molecule has 0 bridgehead atoms. The predicted octanol–water partition coefficient (Wildman–Crippen LogP) is 6.64. The minimum atomic E-state index is 0.244. The van der Waals surface area contributed by atoms with Crippen LogP contribution < -0.4 is 0 Å². The monoisotopic (exact) mass is 296 g/mol. The summed E-state index contributed by atoms with van der Waals surface area (Å²) in [7, 11) is 0. The van der Waals surface area contributed by atoms with Crippen LogP contribution in [-0.4, -0.2) is 0 Å². The highest BCUT2D eigenvalue weighted by atomic mass is 14.4. The highest BCUT2D eigenvalue weighted by Gasteiger charge is 2.30. The zero-order chi connectivity index (χ0) is 16.4. The standard InChI is InChI=1S/C22H32/c1-21(2,3)19-15-18(20(16-19)22(4,5)6)14-10-9-13-17-11-7-8-12-17/h7-12,15-18H,13-14H2,1-6H3/b10-9+. The lowest BCUT2D eigenvalue weighted by atomic mass is 9.79. The molecule has 0 amide bonds. The van der Waals surface area contributed by atoms with Crippen molar-refractivity contribution < 1.29 is 0 Å². The predicted molar refractivity (Wildman–Crippen MR) is 98.7 cm³/mol. The van der Waals surface area contributed by atoms with Crippen LogP contribution in [0.15, 0.2) is 59.8 Å². The molecule has 2 aliphatic carbocycles. The van der Waals surface area contributed by atoms with Gasteiger partial charge in [0.2, 0.25) is 0 Å². The molecule has 2 aliphatic rings. The fraction of sp³-hybridized carbons (Fsp3) is 0.545. The van der Waals surface area contributed by atoms with Gasteiger partial charge in [-0.3, -0.25) is 0 Å². The summed E-state index contributed by atoms with van der Waals surface area (Å²) in [5.74, 6) is 1.18. The third kappa shape index (κ3) is 4.35. The van der Waals surface area contributed by atoms with Gasteiger partial charge in [-0.05, 0) is 35.2 Å². The van der Waals surface area contributed by atoms with E-state index in [2.05, 4.69) is 90.2 Å². The molecule has 0 radical (unpaired) electrons. The lowest BCUT2D eigenvalue weighted by molar-refractivity contribution is 0.457. The van der Waals surface area contributed by atoms with E-state index in [1.54, 1.807) is 5.57 Å². The van der Waals surface area contributed by atoms with E-state index in [0.717, 1.165) is 12.8 Å². The number of allylic oxidation sites excluding steroid dienone is 10. The van der Waals surface area contributed by atoms with Gasteiger partial charge in [-0.25, -0.2) is 0 Å². The van der Waals surface area contributed by atoms with Crippen LogP contribution in [0.5, 0.6) is 0 Å². The average molecular weight is 296 g/mol. The van der Waals surface area contributed by atoms with E-state index in [0.29, 0.717) is 11.8 Å². The van der Waals surface area contributed by atoms with Crippen LogP contribution in [0, 0.1) is 22.7 Å². The molecule has 0 saturated heterocycles. The van der Waals surface area contributed by atoms with E-state index in [-0.39, 0.29) is 10.8 Å². The minimum Gasteiger partial charge on any atom is -0.0876 e. The summed E-state index contributed by atoms with van der Waals surface area (Å²) in [6.45, 7) is 13.9. The summed E-state index contributed by atoms with van der Waals surface area (Å²) < 4.78 is 0. The van der Waals surface area contributed by atoms with Crippen LogP contribution in [0.1, 0.15) is 54.4 Å². The fourth-order valence-electron chi connectivity index (χ4n) is 3.19. The largest absolute Gasteiger partial charge is 0.0876 e. The van der Waals surface area contributed by atoms with Crippen molar-refractivity contribution >= 4 is 0 Å². The highest BCUT2D eigenvalue weighted by Crippen LogP contribution is 2.43. The van der Waals surface area contributed by atoms with Gasteiger partial charge in [-0.2, -0.15) is 0 Å². The minimum absolute atomic E-state index is 0.244. The Kier molecular flexibility index (Phi) is 5.00. The first-order valence-corrected chi connectivity index (χ1v) is 8.62. The topological polar surface area (TPSA) is 0 Å². The molecule has 0 heterocycles. The maximum atomic E-state index is 2.50. The molecule has 0 aromatic rings. The lowest BCUT2D eigenvalue weighted by Crippen LogP contribution is -2.14. The van der Waals surface area contributed by atoms with E-state index in [9.17, 15) is 0 Å². The summed E-state index contributed by atoms with van der Waals surface area (Å²) in [6, 6.07) is 0. The molecular weight excluding hydrogens is 264 g/mol. The Bertz CT molecular complexity index is 524. The number of hydrogen-bond acceptors (Lipinski definition) is 0. The number of hydrogen-bond donors (Lipinski definition) is 0. The Morgan fingerprint density at radius 2 is 1.45 bits per heavy atom. The maximum Gasteiger partial charge on any atom is 0.00257 e. The molecule has 1 unspecified atom stereocenters. The van der Waals surface area contributed by atoms with Gasteiger partial charge in [0.05, 0.1) is 0 Å². The van der Waals surface area contributed by atoms with Crippen molar-refractivity contribution in [3.63, 3.8) is 0 Å². The van der Waals surface area contributed by atoms with Crippen LogP contribution in [0.25, 0.3) is 0 Å². The molecule has 0 spiro atoms.